The summed E-state index contributed by atoms with van der Waals surface area (Å²) < 4.78 is 5.02. The van der Waals surface area contributed by atoms with Crippen LogP contribution in [0, 0.1) is 5.92 Å². The molecule has 1 aromatic heterocycles. The Morgan fingerprint density at radius 2 is 2.19 bits per heavy atom. The first-order chi connectivity index (χ1) is 7.75. The lowest BCUT2D eigenvalue weighted by molar-refractivity contribution is 0.0915. The lowest BCUT2D eigenvalue weighted by Crippen LogP contribution is -2.34. The Morgan fingerprint density at radius 1 is 1.44 bits per heavy atom. The lowest BCUT2D eigenvalue weighted by Gasteiger charge is -2.25. The van der Waals surface area contributed by atoms with Crippen molar-refractivity contribution in [2.75, 3.05) is 6.54 Å². The standard InChI is InChI=1S/C12H18N2O2/c13-10-5-3-9(4-6-10)8-14-12(15)11-2-1-7-16-11/h1-2,7,9-10H,3-6,8,13H2,(H,14,15). The zero-order valence-electron chi connectivity index (χ0n) is 9.32. The zero-order chi connectivity index (χ0) is 11.4. The molecule has 4 nitrogen and oxygen atoms in total. The van der Waals surface area contributed by atoms with E-state index in [4.69, 9.17) is 10.2 Å². The molecule has 3 N–H and O–H groups in total. The van der Waals surface area contributed by atoms with Crippen molar-refractivity contribution in [1.29, 1.82) is 0 Å². The Hall–Kier alpha value is -1.29. The monoisotopic (exact) mass is 222 g/mol. The van der Waals surface area contributed by atoms with Crippen molar-refractivity contribution in [1.82, 2.24) is 5.32 Å². The van der Waals surface area contributed by atoms with E-state index in [1.165, 1.54) is 6.26 Å². The van der Waals surface area contributed by atoms with Crippen molar-refractivity contribution >= 4 is 5.91 Å². The molecule has 0 saturated heterocycles. The molecule has 88 valence electrons. The highest BCUT2D eigenvalue weighted by atomic mass is 16.3. The summed E-state index contributed by atoms with van der Waals surface area (Å²) in [5, 5.41) is 2.90. The summed E-state index contributed by atoms with van der Waals surface area (Å²) in [5.41, 5.74) is 5.83. The Morgan fingerprint density at radius 3 is 2.81 bits per heavy atom. The van der Waals surface area contributed by atoms with Crippen LogP contribution in [0.3, 0.4) is 0 Å². The molecule has 0 unspecified atom stereocenters. The van der Waals surface area contributed by atoms with Crippen molar-refractivity contribution in [3.8, 4) is 0 Å². The SMILES string of the molecule is NC1CCC(CNC(=O)c2ccco2)CC1. The molecule has 1 aliphatic rings. The van der Waals surface area contributed by atoms with Crippen LogP contribution in [-0.4, -0.2) is 18.5 Å². The van der Waals surface area contributed by atoms with Gasteiger partial charge in [0.15, 0.2) is 5.76 Å². The maximum atomic E-state index is 11.6. The lowest BCUT2D eigenvalue weighted by atomic mass is 9.86. The first-order valence-corrected chi connectivity index (χ1v) is 5.83. The minimum atomic E-state index is -0.125. The number of furan rings is 1. The highest BCUT2D eigenvalue weighted by molar-refractivity contribution is 5.91. The molecule has 1 aromatic rings. The molecule has 0 atom stereocenters. The van der Waals surface area contributed by atoms with Crippen LogP contribution >= 0.6 is 0 Å². The van der Waals surface area contributed by atoms with Crippen LogP contribution < -0.4 is 11.1 Å². The van der Waals surface area contributed by atoms with Crippen molar-refractivity contribution in [3.63, 3.8) is 0 Å². The van der Waals surface area contributed by atoms with Crippen LogP contribution in [0.5, 0.6) is 0 Å². The molecular weight excluding hydrogens is 204 g/mol. The van der Waals surface area contributed by atoms with Gasteiger partial charge in [-0.25, -0.2) is 0 Å². The summed E-state index contributed by atoms with van der Waals surface area (Å²) in [5.74, 6) is 0.825. The number of carbonyl (C=O) groups excluding carboxylic acids is 1. The molecule has 1 heterocycles. The summed E-state index contributed by atoms with van der Waals surface area (Å²) >= 11 is 0. The van der Waals surface area contributed by atoms with Gasteiger partial charge >= 0.3 is 0 Å². The molecule has 0 aromatic carbocycles. The molecular formula is C12H18N2O2. The number of amides is 1. The van der Waals surface area contributed by atoms with E-state index in [1.807, 2.05) is 0 Å². The summed E-state index contributed by atoms with van der Waals surface area (Å²) in [6.07, 6.45) is 5.87. The summed E-state index contributed by atoms with van der Waals surface area (Å²) in [4.78, 5) is 11.6. The maximum absolute atomic E-state index is 11.6. The third-order valence-corrected chi connectivity index (χ3v) is 3.19. The van der Waals surface area contributed by atoms with Crippen molar-refractivity contribution < 1.29 is 9.21 Å². The fourth-order valence-corrected chi connectivity index (χ4v) is 2.12. The highest BCUT2D eigenvalue weighted by Gasteiger charge is 2.19. The predicted molar refractivity (Wildman–Crippen MR) is 61.0 cm³/mol. The molecule has 0 aliphatic heterocycles. The Bertz CT molecular complexity index is 327. The largest absolute Gasteiger partial charge is 0.459 e. The topological polar surface area (TPSA) is 68.3 Å². The molecule has 0 bridgehead atoms. The van der Waals surface area contributed by atoms with Crippen LogP contribution in [0.2, 0.25) is 0 Å². The summed E-state index contributed by atoms with van der Waals surface area (Å²) in [6, 6.07) is 3.75. The summed E-state index contributed by atoms with van der Waals surface area (Å²) in [7, 11) is 0. The van der Waals surface area contributed by atoms with Crippen molar-refractivity contribution in [2.45, 2.75) is 31.7 Å². The first kappa shape index (κ1) is 11.2. The number of hydrogen-bond acceptors (Lipinski definition) is 3. The van der Waals surface area contributed by atoms with Gasteiger partial charge in [-0.3, -0.25) is 4.79 Å². The van der Waals surface area contributed by atoms with Gasteiger partial charge in [0.1, 0.15) is 0 Å². The van der Waals surface area contributed by atoms with Gasteiger partial charge in [-0.2, -0.15) is 0 Å². The molecule has 2 rings (SSSR count). The van der Waals surface area contributed by atoms with E-state index in [0.717, 1.165) is 32.2 Å². The summed E-state index contributed by atoms with van der Waals surface area (Å²) in [6.45, 7) is 0.728. The van der Waals surface area contributed by atoms with Gasteiger partial charge in [0, 0.05) is 12.6 Å². The maximum Gasteiger partial charge on any atom is 0.286 e. The van der Waals surface area contributed by atoms with Gasteiger partial charge in [-0.15, -0.1) is 0 Å². The van der Waals surface area contributed by atoms with Gasteiger partial charge in [0.2, 0.25) is 0 Å². The van der Waals surface area contributed by atoms with E-state index in [1.54, 1.807) is 12.1 Å². The quantitative estimate of drug-likeness (QED) is 0.814. The van der Waals surface area contributed by atoms with E-state index in [-0.39, 0.29) is 5.91 Å². The van der Waals surface area contributed by atoms with Crippen LogP contribution in [0.4, 0.5) is 0 Å². The van der Waals surface area contributed by atoms with E-state index in [2.05, 4.69) is 5.32 Å². The van der Waals surface area contributed by atoms with Gasteiger partial charge in [-0.1, -0.05) is 0 Å². The van der Waals surface area contributed by atoms with Crippen molar-refractivity contribution in [2.24, 2.45) is 11.7 Å². The third kappa shape index (κ3) is 2.85. The molecule has 0 radical (unpaired) electrons. The van der Waals surface area contributed by atoms with E-state index < -0.39 is 0 Å². The molecule has 1 fully saturated rings. The van der Waals surface area contributed by atoms with Crippen molar-refractivity contribution in [3.05, 3.63) is 24.2 Å². The van der Waals surface area contributed by atoms with Gasteiger partial charge in [0.05, 0.1) is 6.26 Å². The van der Waals surface area contributed by atoms with E-state index in [9.17, 15) is 4.79 Å². The second-order valence-corrected chi connectivity index (χ2v) is 4.47. The first-order valence-electron chi connectivity index (χ1n) is 5.83. The second kappa shape index (κ2) is 5.16. The van der Waals surface area contributed by atoms with E-state index >= 15 is 0 Å². The fraction of sp³-hybridized carbons (Fsp3) is 0.583. The number of nitrogens with two attached hydrogens (primary N) is 1. The Kier molecular flexibility index (Phi) is 3.62. The van der Waals surface area contributed by atoms with Crippen LogP contribution in [0.15, 0.2) is 22.8 Å². The molecule has 0 spiro atoms. The van der Waals surface area contributed by atoms with Crippen LogP contribution in [-0.2, 0) is 0 Å². The van der Waals surface area contributed by atoms with Crippen LogP contribution in [0.1, 0.15) is 36.2 Å². The molecule has 16 heavy (non-hydrogen) atoms. The van der Waals surface area contributed by atoms with Gasteiger partial charge in [-0.05, 0) is 43.7 Å². The molecule has 1 amide bonds. The predicted octanol–water partition coefficient (Wildman–Crippen LogP) is 1.53. The average Bonchev–Trinajstić information content (AvgIpc) is 2.81. The smallest absolute Gasteiger partial charge is 0.286 e. The average molecular weight is 222 g/mol. The zero-order valence-corrected chi connectivity index (χ0v) is 9.32. The van der Waals surface area contributed by atoms with Gasteiger partial charge < -0.3 is 15.5 Å². The van der Waals surface area contributed by atoms with Crippen LogP contribution in [0.25, 0.3) is 0 Å². The Labute approximate surface area is 95.2 Å². The van der Waals surface area contributed by atoms with Gasteiger partial charge in [0.25, 0.3) is 5.91 Å². The fourth-order valence-electron chi connectivity index (χ4n) is 2.12. The molecule has 4 heteroatoms. The van der Waals surface area contributed by atoms with E-state index in [0.29, 0.717) is 17.7 Å². The normalized spacial score (nSPS) is 25.3. The minimum absolute atomic E-state index is 0.125. The number of hydrogen-bond donors (Lipinski definition) is 2. The highest BCUT2D eigenvalue weighted by Crippen LogP contribution is 2.22. The molecule has 1 aliphatic carbocycles. The number of carbonyl (C=O) groups is 1. The molecule has 1 saturated carbocycles. The number of nitrogens with one attached hydrogen (secondary N) is 1. The second-order valence-electron chi connectivity index (χ2n) is 4.47. The third-order valence-electron chi connectivity index (χ3n) is 3.19. The minimum Gasteiger partial charge on any atom is -0.459 e. The Balaban J connectivity index is 1.73. The number of rotatable bonds is 3.